The van der Waals surface area contributed by atoms with Gasteiger partial charge in [-0.3, -0.25) is 9.59 Å². The number of aliphatic hydroxyl groups is 5. The Hall–Kier alpha value is -1.10. The maximum absolute atomic E-state index is 10.5. The summed E-state index contributed by atoms with van der Waals surface area (Å²) in [4.78, 5) is 20.6. The zero-order valence-corrected chi connectivity index (χ0v) is 12.1. The van der Waals surface area contributed by atoms with Crippen molar-refractivity contribution in [2.45, 2.75) is 44.6 Å². The van der Waals surface area contributed by atoms with Crippen LogP contribution in [0.15, 0.2) is 0 Å². The van der Waals surface area contributed by atoms with E-state index in [2.05, 4.69) is 0 Å². The van der Waals surface area contributed by atoms with Crippen molar-refractivity contribution in [3.05, 3.63) is 0 Å². The molecule has 0 aromatic carbocycles. The third-order valence-corrected chi connectivity index (χ3v) is 2.43. The van der Waals surface area contributed by atoms with E-state index in [9.17, 15) is 9.59 Å². The van der Waals surface area contributed by atoms with Gasteiger partial charge in [0.15, 0.2) is 5.78 Å². The molecular formula is C12H25NO8. The smallest absolute Gasteiger partial charge is 0.320 e. The van der Waals surface area contributed by atoms with Crippen LogP contribution in [0.4, 0.5) is 0 Å². The Kier molecular flexibility index (Phi) is 12.2. The minimum absolute atomic E-state index is 0.357. The average molecular weight is 311 g/mol. The molecule has 0 fully saturated rings. The minimum Gasteiger partial charge on any atom is -0.480 e. The molecule has 0 heterocycles. The summed E-state index contributed by atoms with van der Waals surface area (Å²) in [5.41, 5.74) is 5.22. The molecule has 0 radical (unpaired) electrons. The van der Waals surface area contributed by atoms with Crippen molar-refractivity contribution < 1.29 is 40.2 Å². The first-order valence-corrected chi connectivity index (χ1v) is 6.35. The summed E-state index contributed by atoms with van der Waals surface area (Å²) >= 11 is 0. The Morgan fingerprint density at radius 2 is 1.57 bits per heavy atom. The highest BCUT2D eigenvalue weighted by Crippen LogP contribution is 2.02. The third kappa shape index (κ3) is 10.3. The number of Topliss-reactive ketones (excluding diaryl/α,β-unsaturated/α-hetero) is 1. The Balaban J connectivity index is 0. The second-order valence-electron chi connectivity index (χ2n) is 4.88. The van der Waals surface area contributed by atoms with Gasteiger partial charge in [0.25, 0.3) is 0 Å². The minimum atomic E-state index is -1.86. The fourth-order valence-corrected chi connectivity index (χ4v) is 1.21. The molecule has 0 bridgehead atoms. The van der Waals surface area contributed by atoms with Crippen molar-refractivity contribution in [1.29, 1.82) is 0 Å². The summed E-state index contributed by atoms with van der Waals surface area (Å²) in [7, 11) is 0. The Morgan fingerprint density at radius 3 is 1.81 bits per heavy atom. The van der Waals surface area contributed by atoms with Crippen LogP contribution >= 0.6 is 0 Å². The monoisotopic (exact) mass is 311 g/mol. The summed E-state index contributed by atoms with van der Waals surface area (Å²) in [6.07, 6.45) is -4.67. The number of carbonyl (C=O) groups excluding carboxylic acids is 1. The molecule has 0 saturated heterocycles. The van der Waals surface area contributed by atoms with E-state index in [1.54, 1.807) is 0 Å². The highest BCUT2D eigenvalue weighted by molar-refractivity contribution is 5.84. The first-order valence-electron chi connectivity index (χ1n) is 6.35. The Labute approximate surface area is 122 Å². The van der Waals surface area contributed by atoms with E-state index in [0.717, 1.165) is 0 Å². The molecule has 9 nitrogen and oxygen atoms in total. The predicted molar refractivity (Wildman–Crippen MR) is 72.3 cm³/mol. The molecule has 4 atom stereocenters. The number of rotatable bonds is 8. The first kappa shape index (κ1) is 22.2. The molecule has 0 rings (SSSR count). The van der Waals surface area contributed by atoms with Crippen molar-refractivity contribution in [1.82, 2.24) is 0 Å². The van der Waals surface area contributed by atoms with Gasteiger partial charge < -0.3 is 36.4 Å². The number of nitrogens with two attached hydrogens (primary N) is 1. The largest absolute Gasteiger partial charge is 0.480 e. The summed E-state index contributed by atoms with van der Waals surface area (Å²) in [5.74, 6) is -1.56. The van der Waals surface area contributed by atoms with Crippen molar-refractivity contribution in [3.8, 4) is 0 Å². The van der Waals surface area contributed by atoms with Gasteiger partial charge in [0.05, 0.1) is 6.61 Å². The number of hydrogen-bond donors (Lipinski definition) is 7. The van der Waals surface area contributed by atoms with Gasteiger partial charge in [-0.15, -0.1) is 0 Å². The van der Waals surface area contributed by atoms with Crippen LogP contribution in [-0.4, -0.2) is 80.0 Å². The van der Waals surface area contributed by atoms with Gasteiger partial charge in [-0.2, -0.15) is 0 Å². The number of aliphatic carboxylic acids is 1. The number of aliphatic hydroxyl groups excluding tert-OH is 5. The van der Waals surface area contributed by atoms with E-state index < -0.39 is 49.3 Å². The lowest BCUT2D eigenvalue weighted by Gasteiger charge is -2.19. The zero-order valence-electron chi connectivity index (χ0n) is 12.1. The molecule has 0 amide bonds. The van der Waals surface area contributed by atoms with Crippen molar-refractivity contribution in [2.75, 3.05) is 13.2 Å². The summed E-state index contributed by atoms with van der Waals surface area (Å²) in [6.45, 7) is 2.21. The van der Waals surface area contributed by atoms with Crippen molar-refractivity contribution in [3.63, 3.8) is 0 Å². The van der Waals surface area contributed by atoms with Crippen molar-refractivity contribution in [2.24, 2.45) is 11.7 Å². The highest BCUT2D eigenvalue weighted by Gasteiger charge is 2.28. The van der Waals surface area contributed by atoms with Gasteiger partial charge in [0.2, 0.25) is 0 Å². The summed E-state index contributed by atoms with van der Waals surface area (Å²) in [5, 5.41) is 51.4. The number of ketones is 1. The van der Waals surface area contributed by atoms with Crippen LogP contribution in [0.2, 0.25) is 0 Å². The molecule has 9 heteroatoms. The first-order chi connectivity index (χ1) is 9.58. The topological polar surface area (TPSA) is 182 Å². The third-order valence-electron chi connectivity index (χ3n) is 2.43. The molecule has 0 aliphatic heterocycles. The second kappa shape index (κ2) is 11.5. The molecule has 0 aliphatic carbocycles. The van der Waals surface area contributed by atoms with Gasteiger partial charge in [-0.25, -0.2) is 0 Å². The van der Waals surface area contributed by atoms with Crippen LogP contribution in [0.3, 0.4) is 0 Å². The summed E-state index contributed by atoms with van der Waals surface area (Å²) in [6, 6.07) is -0.690. The van der Waals surface area contributed by atoms with Gasteiger partial charge in [0.1, 0.15) is 31.0 Å². The molecule has 0 aromatic heterocycles. The van der Waals surface area contributed by atoms with Gasteiger partial charge >= 0.3 is 5.97 Å². The fraction of sp³-hybridized carbons (Fsp3) is 0.833. The maximum Gasteiger partial charge on any atom is 0.320 e. The lowest BCUT2D eigenvalue weighted by atomic mass is 10.1. The predicted octanol–water partition coefficient (Wildman–Crippen LogP) is -2.93. The molecule has 21 heavy (non-hydrogen) atoms. The van der Waals surface area contributed by atoms with Crippen LogP contribution < -0.4 is 5.73 Å². The van der Waals surface area contributed by atoms with Gasteiger partial charge in [-0.1, -0.05) is 13.8 Å². The number of carboxylic acids is 1. The van der Waals surface area contributed by atoms with E-state index in [-0.39, 0.29) is 0 Å². The van der Waals surface area contributed by atoms with Gasteiger partial charge in [-0.05, 0) is 12.3 Å². The Bertz CT molecular complexity index is 310. The van der Waals surface area contributed by atoms with Crippen LogP contribution in [-0.2, 0) is 9.59 Å². The zero-order chi connectivity index (χ0) is 17.2. The molecule has 0 aliphatic rings. The number of hydrogen-bond acceptors (Lipinski definition) is 8. The molecular weight excluding hydrogens is 286 g/mol. The fourth-order valence-electron chi connectivity index (χ4n) is 1.21. The normalized spacial score (nSPS) is 16.4. The molecule has 8 N–H and O–H groups in total. The summed E-state index contributed by atoms with van der Waals surface area (Å²) < 4.78 is 0. The lowest BCUT2D eigenvalue weighted by molar-refractivity contribution is -0.142. The second-order valence-corrected chi connectivity index (χ2v) is 4.88. The molecule has 0 spiro atoms. The van der Waals surface area contributed by atoms with E-state index >= 15 is 0 Å². The lowest BCUT2D eigenvalue weighted by Crippen LogP contribution is -2.44. The highest BCUT2D eigenvalue weighted by atomic mass is 16.4. The number of carbonyl (C=O) groups is 2. The molecule has 0 aromatic rings. The molecule has 126 valence electrons. The van der Waals surface area contributed by atoms with E-state index in [4.69, 9.17) is 36.4 Å². The number of carboxylic acid groups (broad SMARTS) is 1. The standard InChI is InChI=1S/C6H13NO2.C6H12O6/c1-4(2)3-5(7)6(8)9;7-1-3(9)5(11)6(12)4(10)2-8/h4-5H,3,7H2,1-2H3,(H,8,9);3,5-9,11-12H,1-2H2/t5-;3-,5-,6-/m01/s1. The quantitative estimate of drug-likeness (QED) is 0.247. The molecule has 0 saturated carbocycles. The van der Waals surface area contributed by atoms with E-state index in [0.29, 0.717) is 12.3 Å². The van der Waals surface area contributed by atoms with Crippen LogP contribution in [0, 0.1) is 5.92 Å². The van der Waals surface area contributed by atoms with Crippen LogP contribution in [0.5, 0.6) is 0 Å². The Morgan fingerprint density at radius 1 is 1.10 bits per heavy atom. The average Bonchev–Trinajstić information content (AvgIpc) is 2.43. The van der Waals surface area contributed by atoms with E-state index in [1.165, 1.54) is 0 Å². The van der Waals surface area contributed by atoms with Crippen LogP contribution in [0.25, 0.3) is 0 Å². The van der Waals surface area contributed by atoms with Gasteiger partial charge in [0, 0.05) is 0 Å². The van der Waals surface area contributed by atoms with Crippen molar-refractivity contribution >= 4 is 11.8 Å². The van der Waals surface area contributed by atoms with E-state index in [1.807, 2.05) is 13.8 Å². The van der Waals surface area contributed by atoms with Crippen LogP contribution in [0.1, 0.15) is 20.3 Å². The molecule has 0 unspecified atom stereocenters. The SMILES string of the molecule is CC(C)C[C@H](N)C(=O)O.O=C(CO)[C@@H](O)[C@H](O)[C@H](O)CO. The maximum atomic E-state index is 10.5.